The van der Waals surface area contributed by atoms with Crippen LogP contribution in [0.25, 0.3) is 0 Å². The molecular weight excluding hydrogens is 460 g/mol. The number of carbonyl (C=O) groups excluding carboxylic acids is 3. The summed E-state index contributed by atoms with van der Waals surface area (Å²) in [6.07, 6.45) is 5.26. The Morgan fingerprint density at radius 3 is 2.31 bits per heavy atom. The van der Waals surface area contributed by atoms with Crippen molar-refractivity contribution >= 4 is 23.9 Å². The topological polar surface area (TPSA) is 94.5 Å². The smallest absolute Gasteiger partial charge is 0.330 e. The Kier molecular flexibility index (Phi) is 5.17. The number of hydrogen-bond acceptors (Lipinski definition) is 8. The number of methoxy groups -OCH3 is 1. The van der Waals surface area contributed by atoms with Crippen LogP contribution in [0.15, 0.2) is 53.6 Å². The summed E-state index contributed by atoms with van der Waals surface area (Å²) < 4.78 is 17.5. The van der Waals surface area contributed by atoms with E-state index in [0.29, 0.717) is 24.2 Å². The van der Waals surface area contributed by atoms with Crippen LogP contribution in [0.1, 0.15) is 67.7 Å². The van der Waals surface area contributed by atoms with Gasteiger partial charge >= 0.3 is 11.9 Å². The minimum Gasteiger partial charge on any atom is -0.497 e. The van der Waals surface area contributed by atoms with Crippen LogP contribution in [0.3, 0.4) is 0 Å². The normalized spacial score (nSPS) is 27.3. The van der Waals surface area contributed by atoms with Gasteiger partial charge in [-0.25, -0.2) is 0 Å². The molecule has 0 N–H and O–H groups in total. The van der Waals surface area contributed by atoms with Gasteiger partial charge in [-0.1, -0.05) is 42.8 Å². The third-order valence-corrected chi connectivity index (χ3v) is 8.15. The number of nitrogens with zero attached hydrogens (tertiary/aromatic N) is 2. The molecule has 186 valence electrons. The lowest BCUT2D eigenvalue weighted by atomic mass is 9.65. The van der Waals surface area contributed by atoms with Gasteiger partial charge in [0, 0.05) is 18.8 Å². The first kappa shape index (κ1) is 22.8. The molecule has 3 heterocycles. The maximum absolute atomic E-state index is 14.3. The molecule has 3 aliphatic heterocycles. The van der Waals surface area contributed by atoms with Gasteiger partial charge in [-0.15, -0.1) is 0 Å². The van der Waals surface area contributed by atoms with E-state index in [9.17, 15) is 14.4 Å². The van der Waals surface area contributed by atoms with Crippen LogP contribution in [-0.4, -0.2) is 47.9 Å². The van der Waals surface area contributed by atoms with Crippen molar-refractivity contribution in [1.29, 1.82) is 0 Å². The maximum atomic E-state index is 14.3. The largest absolute Gasteiger partial charge is 0.497 e. The van der Waals surface area contributed by atoms with Crippen molar-refractivity contribution in [1.82, 2.24) is 5.01 Å². The minimum atomic E-state index is -1.80. The van der Waals surface area contributed by atoms with Gasteiger partial charge in [0.25, 0.3) is 5.79 Å². The van der Waals surface area contributed by atoms with Crippen molar-refractivity contribution in [2.75, 3.05) is 7.11 Å². The zero-order valence-corrected chi connectivity index (χ0v) is 20.3. The third kappa shape index (κ3) is 3.06. The molecule has 8 heteroatoms. The first-order valence-corrected chi connectivity index (χ1v) is 12.4. The Morgan fingerprint density at radius 2 is 1.67 bits per heavy atom. The zero-order chi connectivity index (χ0) is 25.1. The van der Waals surface area contributed by atoms with E-state index in [4.69, 9.17) is 14.2 Å². The van der Waals surface area contributed by atoms with Gasteiger partial charge in [0.1, 0.15) is 17.8 Å². The van der Waals surface area contributed by atoms with Gasteiger partial charge in [-0.3, -0.25) is 19.4 Å². The van der Waals surface area contributed by atoms with Gasteiger partial charge in [0.05, 0.1) is 13.3 Å². The van der Waals surface area contributed by atoms with E-state index in [2.05, 4.69) is 5.10 Å². The highest BCUT2D eigenvalue weighted by Gasteiger charge is 2.75. The molecule has 1 aliphatic carbocycles. The van der Waals surface area contributed by atoms with Gasteiger partial charge < -0.3 is 14.2 Å². The fourth-order valence-electron chi connectivity index (χ4n) is 6.53. The molecule has 3 fully saturated rings. The molecule has 2 aromatic rings. The number of Topliss-reactive ketones (excluding diaryl/α,β-unsaturated/α-hetero) is 1. The summed E-state index contributed by atoms with van der Waals surface area (Å²) in [4.78, 5) is 41.8. The first-order valence-electron chi connectivity index (χ1n) is 12.4. The molecular formula is C28H28N2O6. The monoisotopic (exact) mass is 488 g/mol. The summed E-state index contributed by atoms with van der Waals surface area (Å²) >= 11 is 0. The standard InChI is InChI=1S/C28H28N2O6/c1-17(31)23-22(18-10-12-20(34-2)13-11-18)28(24-21-9-5-4-8-19(21)16-29-30(23)24)25(32)35-27(36-26(28)33)14-6-3-7-15-27/h4-5,8-13,16,22-24H,3,6-7,14-15H2,1-2H3/t22-,23-,24?/m0/s1. The molecule has 0 bridgehead atoms. The average Bonchev–Trinajstić information content (AvgIpc) is 3.21. The molecule has 36 heavy (non-hydrogen) atoms. The molecule has 0 aromatic heterocycles. The van der Waals surface area contributed by atoms with Gasteiger partial charge in [0.2, 0.25) is 5.41 Å². The molecule has 4 aliphatic rings. The number of benzene rings is 2. The van der Waals surface area contributed by atoms with Crippen molar-refractivity contribution in [2.45, 2.75) is 62.8 Å². The van der Waals surface area contributed by atoms with E-state index >= 15 is 0 Å². The second-order valence-electron chi connectivity index (χ2n) is 10.1. The maximum Gasteiger partial charge on any atom is 0.330 e. The molecule has 2 spiro atoms. The molecule has 2 saturated heterocycles. The molecule has 1 unspecified atom stereocenters. The number of ketones is 1. The van der Waals surface area contributed by atoms with Crippen LogP contribution >= 0.6 is 0 Å². The zero-order valence-electron chi connectivity index (χ0n) is 20.3. The molecule has 2 aromatic carbocycles. The molecule has 1 saturated carbocycles. The van der Waals surface area contributed by atoms with Crippen molar-refractivity contribution in [3.63, 3.8) is 0 Å². The highest BCUT2D eigenvalue weighted by atomic mass is 16.7. The van der Waals surface area contributed by atoms with Crippen LogP contribution < -0.4 is 4.74 Å². The van der Waals surface area contributed by atoms with Crippen LogP contribution in [0.5, 0.6) is 5.75 Å². The Bertz CT molecular complexity index is 1240. The van der Waals surface area contributed by atoms with Crippen molar-refractivity contribution in [3.05, 3.63) is 65.2 Å². The van der Waals surface area contributed by atoms with E-state index in [0.717, 1.165) is 30.4 Å². The summed E-state index contributed by atoms with van der Waals surface area (Å²) in [5.74, 6) is -2.97. The number of esters is 2. The van der Waals surface area contributed by atoms with E-state index in [-0.39, 0.29) is 5.78 Å². The summed E-state index contributed by atoms with van der Waals surface area (Å²) in [5.41, 5.74) is 0.366. The SMILES string of the molecule is COc1ccc([C@H]2[C@H](C(C)=O)N3N=Cc4ccccc4C3C23C(=O)OC2(CCCCC2)OC3=O)cc1. The van der Waals surface area contributed by atoms with Crippen molar-refractivity contribution < 1.29 is 28.6 Å². The molecule has 3 atom stereocenters. The number of hydrazone groups is 1. The van der Waals surface area contributed by atoms with Gasteiger partial charge in [0.15, 0.2) is 5.78 Å². The Hall–Kier alpha value is -3.68. The second kappa shape index (κ2) is 8.18. The van der Waals surface area contributed by atoms with E-state index in [1.165, 1.54) is 6.92 Å². The number of fused-ring (bicyclic) bond motifs is 4. The van der Waals surface area contributed by atoms with Crippen LogP contribution in [0.2, 0.25) is 0 Å². The Morgan fingerprint density at radius 1 is 1.00 bits per heavy atom. The molecule has 8 nitrogen and oxygen atoms in total. The van der Waals surface area contributed by atoms with Crippen LogP contribution in [0.4, 0.5) is 0 Å². The van der Waals surface area contributed by atoms with E-state index in [1.54, 1.807) is 42.6 Å². The summed E-state index contributed by atoms with van der Waals surface area (Å²) in [6.45, 7) is 1.47. The third-order valence-electron chi connectivity index (χ3n) is 8.15. The van der Waals surface area contributed by atoms with Crippen molar-refractivity contribution in [3.8, 4) is 5.75 Å². The molecule has 0 radical (unpaired) electrons. The molecule has 0 amide bonds. The quantitative estimate of drug-likeness (QED) is 0.478. The fraction of sp³-hybridized carbons (Fsp3) is 0.429. The summed E-state index contributed by atoms with van der Waals surface area (Å²) in [6, 6.07) is 12.9. The lowest BCUT2D eigenvalue weighted by Crippen LogP contribution is -2.60. The number of hydrogen-bond donors (Lipinski definition) is 0. The lowest BCUT2D eigenvalue weighted by molar-refractivity contribution is -0.273. The lowest BCUT2D eigenvalue weighted by Gasteiger charge is -2.47. The Balaban J connectivity index is 1.58. The Labute approximate surface area is 209 Å². The van der Waals surface area contributed by atoms with Gasteiger partial charge in [-0.05, 0) is 48.6 Å². The highest BCUT2D eigenvalue weighted by molar-refractivity contribution is 6.07. The summed E-state index contributed by atoms with van der Waals surface area (Å²) in [7, 11) is 1.57. The average molecular weight is 489 g/mol. The van der Waals surface area contributed by atoms with Crippen LogP contribution in [-0.2, 0) is 23.9 Å². The highest BCUT2D eigenvalue weighted by Crippen LogP contribution is 2.63. The van der Waals surface area contributed by atoms with E-state index in [1.807, 2.05) is 24.3 Å². The number of ether oxygens (including phenoxy) is 3. The predicted molar refractivity (Wildman–Crippen MR) is 129 cm³/mol. The molecule has 6 rings (SSSR count). The predicted octanol–water partition coefficient (Wildman–Crippen LogP) is 3.89. The second-order valence-corrected chi connectivity index (χ2v) is 10.1. The number of carbonyl (C=O) groups is 3. The van der Waals surface area contributed by atoms with Gasteiger partial charge in [-0.2, -0.15) is 5.10 Å². The van der Waals surface area contributed by atoms with Crippen molar-refractivity contribution in [2.24, 2.45) is 10.5 Å². The number of rotatable bonds is 3. The first-order chi connectivity index (χ1) is 17.4. The van der Waals surface area contributed by atoms with Crippen LogP contribution in [0, 0.1) is 5.41 Å². The fourth-order valence-corrected chi connectivity index (χ4v) is 6.53. The van der Waals surface area contributed by atoms with E-state index < -0.39 is 41.1 Å². The minimum absolute atomic E-state index is 0.201. The summed E-state index contributed by atoms with van der Waals surface area (Å²) in [5, 5.41) is 6.23.